The normalized spacial score (nSPS) is 19.6. The number of unbranched alkanes of at least 4 members (excludes halogenated alkanes) is 2. The number of nitrogens with zero attached hydrogens (tertiary/aromatic N) is 3. The Balaban J connectivity index is 0.00000288. The summed E-state index contributed by atoms with van der Waals surface area (Å²) in [7, 11) is 4.24. The monoisotopic (exact) mass is 690 g/mol. The number of fused-ring (bicyclic) bond motifs is 2. The maximum Gasteiger partial charge on any atom is 0.405 e. The molecule has 46 heavy (non-hydrogen) atoms. The number of alkyl halides is 1. The van der Waals surface area contributed by atoms with Crippen molar-refractivity contribution >= 4 is 64.3 Å². The van der Waals surface area contributed by atoms with Gasteiger partial charge in [0, 0.05) is 25.9 Å². The molecule has 6 nitrogen and oxygen atoms in total. The van der Waals surface area contributed by atoms with Gasteiger partial charge in [0.25, 0.3) is 0 Å². The number of nitrogens with one attached hydrogen (secondary N) is 1. The summed E-state index contributed by atoms with van der Waals surface area (Å²) >= 11 is 6.57. The van der Waals surface area contributed by atoms with Crippen LogP contribution >= 0.6 is 36.4 Å². The lowest BCUT2D eigenvalue weighted by molar-refractivity contribution is 0.142. The van der Waals surface area contributed by atoms with Crippen LogP contribution in [0.25, 0.3) is 21.8 Å². The second-order valence-electron chi connectivity index (χ2n) is 12.6. The third-order valence-electron chi connectivity index (χ3n) is 9.47. The van der Waals surface area contributed by atoms with Gasteiger partial charge in [0.15, 0.2) is 0 Å². The van der Waals surface area contributed by atoms with Crippen molar-refractivity contribution in [3.8, 4) is 0 Å². The van der Waals surface area contributed by atoms with Crippen LogP contribution in [0.5, 0.6) is 0 Å². The maximum absolute atomic E-state index is 15.9. The minimum Gasteiger partial charge on any atom is -0.465 e. The van der Waals surface area contributed by atoms with Gasteiger partial charge in [0.2, 0.25) is 0 Å². The van der Waals surface area contributed by atoms with E-state index in [4.69, 9.17) is 16.6 Å². The van der Waals surface area contributed by atoms with Crippen molar-refractivity contribution in [1.82, 2.24) is 19.8 Å². The molecule has 10 heteroatoms. The van der Waals surface area contributed by atoms with Crippen LogP contribution in [0.2, 0.25) is 0 Å². The van der Waals surface area contributed by atoms with E-state index in [9.17, 15) is 9.90 Å². The Bertz CT molecular complexity index is 1660. The molecule has 1 amide bonds. The molecular weight excluding hydrogens is 646 g/mol. The van der Waals surface area contributed by atoms with E-state index in [0.29, 0.717) is 6.42 Å². The Hall–Kier alpha value is -2.84. The number of carboxylic acid groups (broad SMARTS) is 1. The first-order chi connectivity index (χ1) is 21.1. The predicted molar refractivity (Wildman–Crippen MR) is 193 cm³/mol. The number of hydrogen-bond donors (Lipinski definition) is 2. The zero-order valence-electron chi connectivity index (χ0n) is 27.0. The van der Waals surface area contributed by atoms with Crippen LogP contribution < -0.4 is 5.32 Å². The fourth-order valence-electron chi connectivity index (χ4n) is 7.09. The molecule has 4 aromatic rings. The molecule has 0 saturated carbocycles. The summed E-state index contributed by atoms with van der Waals surface area (Å²) in [6, 6.07) is 20.6. The minimum atomic E-state index is -1.39. The summed E-state index contributed by atoms with van der Waals surface area (Å²) in [5.74, 6) is -0.138. The second kappa shape index (κ2) is 16.3. The Morgan fingerprint density at radius 2 is 1.78 bits per heavy atom. The third kappa shape index (κ3) is 7.82. The average Bonchev–Trinajstić information content (AvgIpc) is 3.31. The van der Waals surface area contributed by atoms with Crippen molar-refractivity contribution in [2.45, 2.75) is 69.2 Å². The molecule has 1 aromatic heterocycles. The Kier molecular flexibility index (Phi) is 13.3. The fraction of sp³-hybridized carbons (Fsp3) is 0.444. The predicted octanol–water partition coefficient (Wildman–Crippen LogP) is 9.07. The topological polar surface area (TPSA) is 70.4 Å². The first-order valence-corrected chi connectivity index (χ1v) is 16.2. The van der Waals surface area contributed by atoms with Gasteiger partial charge < -0.3 is 19.9 Å². The molecule has 5 rings (SSSR count). The van der Waals surface area contributed by atoms with Crippen LogP contribution in [-0.2, 0) is 19.9 Å². The van der Waals surface area contributed by atoms with Gasteiger partial charge in [-0.3, -0.25) is 0 Å². The molecule has 1 aliphatic carbocycles. The standard InChI is InChI=1S/C36H44ClFN4O2.2ClH/c1-24(2)36(40-35(43)44)30(22-26(37)23-33(36)38)29-18-17-25-12-7-8-13-27(25)28(29)19-21-41(3)20-11-5-6-16-34-39-31-14-9-10-15-32(31)42(34)4;;/h7-10,12-15,17-18,23-24,26,30,40H,5-6,11,16,19-22H2,1-4H3,(H,43,44);2*1H/t26?,30-,36-;;/m0../s1. The van der Waals surface area contributed by atoms with Crippen LogP contribution in [0, 0.1) is 5.92 Å². The molecule has 0 aliphatic heterocycles. The lowest BCUT2D eigenvalue weighted by Gasteiger charge is -2.47. The van der Waals surface area contributed by atoms with Gasteiger partial charge in [0.05, 0.1) is 16.4 Å². The average molecular weight is 692 g/mol. The van der Waals surface area contributed by atoms with Gasteiger partial charge in [-0.15, -0.1) is 36.4 Å². The lowest BCUT2D eigenvalue weighted by Crippen LogP contribution is -2.58. The van der Waals surface area contributed by atoms with Crippen molar-refractivity contribution in [2.75, 3.05) is 20.1 Å². The summed E-state index contributed by atoms with van der Waals surface area (Å²) in [5.41, 5.74) is 2.94. The van der Waals surface area contributed by atoms with E-state index in [1.807, 2.05) is 32.0 Å². The van der Waals surface area contributed by atoms with E-state index < -0.39 is 28.8 Å². The highest BCUT2D eigenvalue weighted by Gasteiger charge is 2.51. The molecule has 0 fully saturated rings. The largest absolute Gasteiger partial charge is 0.465 e. The highest BCUT2D eigenvalue weighted by molar-refractivity contribution is 6.22. The maximum atomic E-state index is 15.9. The van der Waals surface area contributed by atoms with Gasteiger partial charge in [0.1, 0.15) is 17.2 Å². The van der Waals surface area contributed by atoms with Crippen molar-refractivity contribution in [1.29, 1.82) is 0 Å². The molecule has 0 bridgehead atoms. The van der Waals surface area contributed by atoms with Gasteiger partial charge >= 0.3 is 6.09 Å². The summed E-state index contributed by atoms with van der Waals surface area (Å²) in [5, 5.41) is 14.2. The SMILES string of the molecule is CC(C)[C@@]1(NC(=O)O)C(F)=CC(Cl)C[C@H]1c1ccc2ccccc2c1CCN(C)CCCCCc1nc2ccccc2n1C.Cl.Cl. The molecule has 1 unspecified atom stereocenters. The summed E-state index contributed by atoms with van der Waals surface area (Å²) in [6.45, 7) is 5.55. The number of carbonyl (C=O) groups is 1. The number of hydrogen-bond acceptors (Lipinski definition) is 3. The summed E-state index contributed by atoms with van der Waals surface area (Å²) in [4.78, 5) is 19.2. The van der Waals surface area contributed by atoms with Crippen molar-refractivity contribution in [2.24, 2.45) is 13.0 Å². The van der Waals surface area contributed by atoms with Gasteiger partial charge in [-0.25, -0.2) is 14.2 Å². The zero-order valence-corrected chi connectivity index (χ0v) is 29.4. The van der Waals surface area contributed by atoms with Crippen LogP contribution in [0.15, 0.2) is 72.6 Å². The summed E-state index contributed by atoms with van der Waals surface area (Å²) in [6.07, 6.45) is 5.61. The first-order valence-electron chi connectivity index (χ1n) is 15.7. The molecule has 0 saturated heterocycles. The minimum absolute atomic E-state index is 0. The molecular formula is C36H46Cl3FN4O2. The smallest absolute Gasteiger partial charge is 0.405 e. The quantitative estimate of drug-likeness (QED) is 0.115. The molecule has 3 aromatic carbocycles. The van der Waals surface area contributed by atoms with E-state index in [2.05, 4.69) is 71.3 Å². The van der Waals surface area contributed by atoms with Crippen LogP contribution in [0.3, 0.4) is 0 Å². The fourth-order valence-corrected chi connectivity index (χ4v) is 7.38. The Labute approximate surface area is 289 Å². The third-order valence-corrected chi connectivity index (χ3v) is 9.78. The second-order valence-corrected chi connectivity index (χ2v) is 13.1. The van der Waals surface area contributed by atoms with E-state index in [1.54, 1.807) is 0 Å². The van der Waals surface area contributed by atoms with Crippen molar-refractivity contribution in [3.05, 3.63) is 89.5 Å². The van der Waals surface area contributed by atoms with E-state index >= 15 is 4.39 Å². The van der Waals surface area contributed by atoms with Gasteiger partial charge in [-0.1, -0.05) is 68.8 Å². The van der Waals surface area contributed by atoms with Gasteiger partial charge in [-0.2, -0.15) is 0 Å². The molecule has 2 N–H and O–H groups in total. The molecule has 1 heterocycles. The molecule has 1 aliphatic rings. The van der Waals surface area contributed by atoms with Crippen molar-refractivity contribution in [3.63, 3.8) is 0 Å². The number of benzene rings is 3. The Morgan fingerprint density at radius 1 is 1.07 bits per heavy atom. The molecule has 0 radical (unpaired) electrons. The van der Waals surface area contributed by atoms with Gasteiger partial charge in [-0.05, 0) is 85.3 Å². The highest BCUT2D eigenvalue weighted by atomic mass is 35.5. The van der Waals surface area contributed by atoms with Crippen LogP contribution in [0.1, 0.15) is 62.4 Å². The number of para-hydroxylation sites is 2. The number of aromatic nitrogens is 2. The van der Waals surface area contributed by atoms with E-state index in [1.165, 1.54) is 11.6 Å². The zero-order chi connectivity index (χ0) is 31.4. The molecule has 250 valence electrons. The van der Waals surface area contributed by atoms with E-state index in [-0.39, 0.29) is 30.7 Å². The number of allylic oxidation sites excluding steroid dienone is 1. The van der Waals surface area contributed by atoms with Crippen molar-refractivity contribution < 1.29 is 14.3 Å². The Morgan fingerprint density at radius 3 is 2.50 bits per heavy atom. The lowest BCUT2D eigenvalue weighted by atomic mass is 9.65. The number of likely N-dealkylation sites (N-methyl/N-ethyl adjacent to an activating group) is 1. The number of aryl methyl sites for hydroxylation is 2. The number of rotatable bonds is 12. The van der Waals surface area contributed by atoms with Crippen LogP contribution in [0.4, 0.5) is 9.18 Å². The number of imidazole rings is 1. The summed E-state index contributed by atoms with van der Waals surface area (Å²) < 4.78 is 18.1. The molecule has 3 atom stereocenters. The number of halogens is 4. The molecule has 0 spiro atoms. The number of amides is 1. The van der Waals surface area contributed by atoms with E-state index in [0.717, 1.165) is 78.4 Å². The first kappa shape index (κ1) is 37.6. The highest BCUT2D eigenvalue weighted by Crippen LogP contribution is 2.49. The van der Waals surface area contributed by atoms with Crippen LogP contribution in [-0.4, -0.2) is 56.7 Å².